The zero-order valence-corrected chi connectivity index (χ0v) is 16.5. The Morgan fingerprint density at radius 2 is 2.04 bits per heavy atom. The van der Waals surface area contributed by atoms with Crippen molar-refractivity contribution >= 4 is 11.9 Å². The highest BCUT2D eigenvalue weighted by Gasteiger charge is 2.43. The molecule has 148 valence electrons. The summed E-state index contributed by atoms with van der Waals surface area (Å²) in [5, 5.41) is 7.11. The molecule has 2 aliphatic heterocycles. The minimum Gasteiger partial charge on any atom is -0.485 e. The Hall–Kier alpha value is -3.03. The van der Waals surface area contributed by atoms with Crippen LogP contribution in [0.15, 0.2) is 30.6 Å². The van der Waals surface area contributed by atoms with Gasteiger partial charge in [-0.2, -0.15) is 5.10 Å². The zero-order valence-electron chi connectivity index (χ0n) is 16.5. The molecule has 8 heteroatoms. The van der Waals surface area contributed by atoms with E-state index >= 15 is 0 Å². The van der Waals surface area contributed by atoms with Gasteiger partial charge in [0.25, 0.3) is 5.91 Å². The van der Waals surface area contributed by atoms with Crippen LogP contribution in [0.3, 0.4) is 0 Å². The summed E-state index contributed by atoms with van der Waals surface area (Å²) in [4.78, 5) is 28.8. The van der Waals surface area contributed by atoms with Crippen molar-refractivity contribution in [3.8, 4) is 16.9 Å². The van der Waals surface area contributed by atoms with E-state index < -0.39 is 0 Å². The lowest BCUT2D eigenvalue weighted by Crippen LogP contribution is -2.45. The van der Waals surface area contributed by atoms with Gasteiger partial charge < -0.3 is 19.9 Å². The maximum Gasteiger partial charge on any atom is 0.317 e. The molecule has 2 aromatic rings. The molecule has 8 nitrogen and oxygen atoms in total. The van der Waals surface area contributed by atoms with Crippen molar-refractivity contribution in [2.45, 2.75) is 32.0 Å². The number of carbonyl (C=O) groups excluding carboxylic acids is 2. The van der Waals surface area contributed by atoms with E-state index in [1.165, 1.54) is 0 Å². The molecule has 0 aliphatic carbocycles. The molecule has 1 aromatic carbocycles. The van der Waals surface area contributed by atoms with Crippen LogP contribution in [0.25, 0.3) is 11.1 Å². The van der Waals surface area contributed by atoms with Gasteiger partial charge in [0.2, 0.25) is 0 Å². The molecule has 0 bridgehead atoms. The molecule has 0 radical (unpaired) electrons. The maximum atomic E-state index is 13.0. The van der Waals surface area contributed by atoms with Crippen molar-refractivity contribution in [3.63, 3.8) is 0 Å². The number of nitrogens with zero attached hydrogens (tertiary/aromatic N) is 4. The Labute approximate surface area is 164 Å². The van der Waals surface area contributed by atoms with Gasteiger partial charge in [0, 0.05) is 38.4 Å². The quantitative estimate of drug-likeness (QED) is 0.856. The lowest BCUT2D eigenvalue weighted by molar-refractivity contribution is 0.0682. The molecule has 28 heavy (non-hydrogen) atoms. The van der Waals surface area contributed by atoms with Crippen LogP contribution < -0.4 is 10.1 Å². The number of hydrogen-bond acceptors (Lipinski definition) is 4. The molecule has 0 saturated carbocycles. The second kappa shape index (κ2) is 6.85. The van der Waals surface area contributed by atoms with Crippen LogP contribution in [0, 0.1) is 0 Å². The van der Waals surface area contributed by atoms with Gasteiger partial charge in [0.05, 0.1) is 24.3 Å². The fourth-order valence-electron chi connectivity index (χ4n) is 3.80. The molecule has 1 aromatic heterocycles. The van der Waals surface area contributed by atoms with Crippen LogP contribution in [-0.4, -0.2) is 69.8 Å². The minimum atomic E-state index is -0.266. The van der Waals surface area contributed by atoms with Gasteiger partial charge in [-0.1, -0.05) is 6.07 Å². The lowest BCUT2D eigenvalue weighted by atomic mass is 10.1. The first-order valence-corrected chi connectivity index (χ1v) is 9.46. The third kappa shape index (κ3) is 3.19. The molecule has 1 N–H and O–H groups in total. The van der Waals surface area contributed by atoms with Crippen LogP contribution >= 0.6 is 0 Å². The predicted molar refractivity (Wildman–Crippen MR) is 104 cm³/mol. The van der Waals surface area contributed by atoms with Crippen LogP contribution in [0.2, 0.25) is 0 Å². The first-order valence-electron chi connectivity index (χ1n) is 9.46. The van der Waals surface area contributed by atoms with Crippen LogP contribution in [0.4, 0.5) is 4.79 Å². The van der Waals surface area contributed by atoms with Crippen molar-refractivity contribution in [2.75, 3.05) is 20.1 Å². The number of likely N-dealkylation sites (N-methyl/N-ethyl adjacent to an activating group) is 1. The molecule has 0 spiro atoms. The average Bonchev–Trinajstić information content (AvgIpc) is 3.24. The number of ether oxygens (including phenoxy) is 1. The number of benzene rings is 1. The Kier molecular flexibility index (Phi) is 4.49. The van der Waals surface area contributed by atoms with E-state index in [1.54, 1.807) is 33.8 Å². The van der Waals surface area contributed by atoms with Crippen molar-refractivity contribution < 1.29 is 14.3 Å². The van der Waals surface area contributed by atoms with Gasteiger partial charge in [0.15, 0.2) is 0 Å². The smallest absolute Gasteiger partial charge is 0.317 e. The normalized spacial score (nSPS) is 21.2. The number of hydrogen-bond donors (Lipinski definition) is 1. The summed E-state index contributed by atoms with van der Waals surface area (Å²) in [6.07, 6.45) is 3.43. The van der Waals surface area contributed by atoms with Crippen LogP contribution in [0.1, 0.15) is 24.2 Å². The Morgan fingerprint density at radius 1 is 1.25 bits per heavy atom. The highest BCUT2D eigenvalue weighted by molar-refractivity contribution is 5.98. The molecule has 3 amide bonds. The number of nitrogens with one attached hydrogen (secondary N) is 1. The fraction of sp³-hybridized carbons (Fsp3) is 0.450. The summed E-state index contributed by atoms with van der Waals surface area (Å²) >= 11 is 0. The molecular formula is C20H25N5O3. The number of rotatable bonds is 2. The number of carbonyl (C=O) groups is 2. The van der Waals surface area contributed by atoms with E-state index in [2.05, 4.69) is 10.4 Å². The van der Waals surface area contributed by atoms with E-state index in [1.807, 2.05) is 39.2 Å². The van der Waals surface area contributed by atoms with E-state index in [0.29, 0.717) is 24.4 Å². The van der Waals surface area contributed by atoms with Gasteiger partial charge in [0.1, 0.15) is 11.9 Å². The Balaban J connectivity index is 1.63. The summed E-state index contributed by atoms with van der Waals surface area (Å²) in [5.41, 5.74) is 2.44. The number of fused-ring (bicyclic) bond motifs is 2. The third-order valence-corrected chi connectivity index (χ3v) is 5.28. The minimum absolute atomic E-state index is 0.0564. The maximum absolute atomic E-state index is 13.0. The van der Waals surface area contributed by atoms with Gasteiger partial charge in [-0.3, -0.25) is 9.48 Å². The largest absolute Gasteiger partial charge is 0.485 e. The number of aromatic nitrogens is 2. The Morgan fingerprint density at radius 3 is 2.71 bits per heavy atom. The molecule has 2 aliphatic rings. The van der Waals surface area contributed by atoms with E-state index in [-0.39, 0.29) is 30.1 Å². The van der Waals surface area contributed by atoms with Crippen LogP contribution in [-0.2, 0) is 7.05 Å². The SMILES string of the molecule is CC(C)NC(=O)N1C[C@@H]2Oc3cc(-c4cnn(C)c4)ccc3C(=O)N(C)[C@@H]2C1. The van der Waals surface area contributed by atoms with Crippen molar-refractivity contribution in [3.05, 3.63) is 36.2 Å². The molecule has 1 saturated heterocycles. The second-order valence-electron chi connectivity index (χ2n) is 7.76. The topological polar surface area (TPSA) is 79.7 Å². The number of amides is 3. The van der Waals surface area contributed by atoms with Gasteiger partial charge in [-0.25, -0.2) is 4.79 Å². The molecule has 4 rings (SSSR count). The second-order valence-corrected chi connectivity index (χ2v) is 7.76. The average molecular weight is 383 g/mol. The van der Waals surface area contributed by atoms with E-state index in [4.69, 9.17) is 4.74 Å². The lowest BCUT2D eigenvalue weighted by Gasteiger charge is -2.25. The molecule has 3 heterocycles. The first kappa shape index (κ1) is 18.3. The first-order chi connectivity index (χ1) is 13.3. The number of aryl methyl sites for hydroxylation is 1. The molecule has 0 unspecified atom stereocenters. The van der Waals surface area contributed by atoms with Crippen molar-refractivity contribution in [1.82, 2.24) is 24.9 Å². The van der Waals surface area contributed by atoms with Crippen LogP contribution in [0.5, 0.6) is 5.75 Å². The summed E-state index contributed by atoms with van der Waals surface area (Å²) < 4.78 is 8.00. The van der Waals surface area contributed by atoms with Crippen molar-refractivity contribution in [1.29, 1.82) is 0 Å². The molecular weight excluding hydrogens is 358 g/mol. The zero-order chi connectivity index (χ0) is 20.0. The van der Waals surface area contributed by atoms with Gasteiger partial charge in [-0.15, -0.1) is 0 Å². The fourth-order valence-corrected chi connectivity index (χ4v) is 3.80. The summed E-state index contributed by atoms with van der Waals surface area (Å²) in [7, 11) is 3.64. The van der Waals surface area contributed by atoms with E-state index in [9.17, 15) is 9.59 Å². The highest BCUT2D eigenvalue weighted by Crippen LogP contribution is 2.34. The van der Waals surface area contributed by atoms with E-state index in [0.717, 1.165) is 11.1 Å². The van der Waals surface area contributed by atoms with Gasteiger partial charge >= 0.3 is 6.03 Å². The standard InChI is InChI=1S/C20H25N5O3/c1-12(2)22-20(27)25-10-16-18(11-25)28-17-7-13(14-8-21-23(3)9-14)5-6-15(17)19(26)24(16)4/h5-9,12,16,18H,10-11H2,1-4H3,(H,22,27)/t16-,18+/m1/s1. The van der Waals surface area contributed by atoms with Gasteiger partial charge in [-0.05, 0) is 31.5 Å². The predicted octanol–water partition coefficient (Wildman–Crippen LogP) is 1.72. The highest BCUT2D eigenvalue weighted by atomic mass is 16.5. The monoisotopic (exact) mass is 383 g/mol. The summed E-state index contributed by atoms with van der Waals surface area (Å²) in [6.45, 7) is 4.75. The third-order valence-electron chi connectivity index (χ3n) is 5.28. The number of likely N-dealkylation sites (tertiary alicyclic amines) is 1. The summed E-state index contributed by atoms with van der Waals surface area (Å²) in [5.74, 6) is 0.461. The number of urea groups is 1. The van der Waals surface area contributed by atoms with Crippen molar-refractivity contribution in [2.24, 2.45) is 7.05 Å². The summed E-state index contributed by atoms with van der Waals surface area (Å²) in [6, 6.07) is 5.35. The Bertz CT molecular complexity index is 922. The molecule has 2 atom stereocenters. The molecule has 1 fully saturated rings.